The molecule has 0 saturated carbocycles. The number of halogens is 1. The van der Waals surface area contributed by atoms with Gasteiger partial charge >= 0.3 is 6.09 Å². The van der Waals surface area contributed by atoms with E-state index in [0.717, 1.165) is 36.1 Å². The fourth-order valence-corrected chi connectivity index (χ4v) is 5.44. The van der Waals surface area contributed by atoms with Crippen LogP contribution in [0.15, 0.2) is 48.7 Å². The number of anilines is 3. The number of thiazole rings is 1. The highest BCUT2D eigenvalue weighted by Gasteiger charge is 2.27. The van der Waals surface area contributed by atoms with E-state index in [1.54, 1.807) is 43.7 Å². The number of fused-ring (bicyclic) bond motifs is 1. The number of carbonyl (C=O) groups is 2. The molecule has 2 N–H and O–H groups in total. The predicted molar refractivity (Wildman–Crippen MR) is 155 cm³/mol. The van der Waals surface area contributed by atoms with Gasteiger partial charge in [0.05, 0.1) is 5.52 Å². The van der Waals surface area contributed by atoms with Crippen molar-refractivity contribution < 1.29 is 18.7 Å². The van der Waals surface area contributed by atoms with Crippen molar-refractivity contribution in [3.8, 4) is 0 Å². The summed E-state index contributed by atoms with van der Waals surface area (Å²) in [5, 5.41) is 11.8. The van der Waals surface area contributed by atoms with Crippen molar-refractivity contribution in [1.29, 1.82) is 0 Å². The molecular weight excluding hydrogens is 533 g/mol. The van der Waals surface area contributed by atoms with E-state index in [-0.39, 0.29) is 11.5 Å². The molecule has 0 spiro atoms. The van der Waals surface area contributed by atoms with Crippen LogP contribution in [0.5, 0.6) is 0 Å². The summed E-state index contributed by atoms with van der Waals surface area (Å²) >= 11 is 1.24. The van der Waals surface area contributed by atoms with Gasteiger partial charge in [0, 0.05) is 57.0 Å². The lowest BCUT2D eigenvalue weighted by Crippen LogP contribution is -2.46. The quantitative estimate of drug-likeness (QED) is 0.336. The van der Waals surface area contributed by atoms with Crippen molar-refractivity contribution in [2.24, 2.45) is 7.05 Å². The standard InChI is InChI=1S/C28H32FN7O3S/c1-28(2,3)39-27(38)32-25-23(24(37)30-21-9-10-22-19(15-21)17-34(4)33-22)31-26(40-25)36-13-11-35(12-14-36)16-18-5-7-20(29)8-6-18/h5-10,15,17H,11-14,16H2,1-4H3,(H,30,37)(H,32,38). The van der Waals surface area contributed by atoms with Crippen molar-refractivity contribution in [3.05, 3.63) is 65.7 Å². The Hall–Kier alpha value is -4.03. The molecule has 12 heteroatoms. The number of carbonyl (C=O) groups excluding carboxylic acids is 2. The van der Waals surface area contributed by atoms with Gasteiger partial charge in [-0.15, -0.1) is 0 Å². The Morgan fingerprint density at radius 3 is 2.48 bits per heavy atom. The molecule has 1 saturated heterocycles. The largest absolute Gasteiger partial charge is 0.444 e. The van der Waals surface area contributed by atoms with Crippen molar-refractivity contribution in [1.82, 2.24) is 19.7 Å². The number of amides is 2. The predicted octanol–water partition coefficient (Wildman–Crippen LogP) is 5.09. The van der Waals surface area contributed by atoms with E-state index < -0.39 is 17.6 Å². The number of hydrogen-bond donors (Lipinski definition) is 2. The van der Waals surface area contributed by atoms with Crippen LogP contribution in [0.3, 0.4) is 0 Å². The van der Waals surface area contributed by atoms with Crippen molar-refractivity contribution in [2.45, 2.75) is 32.9 Å². The molecule has 0 radical (unpaired) electrons. The van der Waals surface area contributed by atoms with Gasteiger partial charge in [0.1, 0.15) is 16.4 Å². The normalized spacial score (nSPS) is 14.4. The van der Waals surface area contributed by atoms with Crippen LogP contribution in [0.2, 0.25) is 0 Å². The van der Waals surface area contributed by atoms with E-state index in [4.69, 9.17) is 4.74 Å². The minimum Gasteiger partial charge on any atom is -0.444 e. The summed E-state index contributed by atoms with van der Waals surface area (Å²) in [4.78, 5) is 35.0. The number of nitrogens with zero attached hydrogens (tertiary/aromatic N) is 5. The Bertz CT molecular complexity index is 1520. The molecule has 10 nitrogen and oxygen atoms in total. The lowest BCUT2D eigenvalue weighted by Gasteiger charge is -2.34. The third kappa shape index (κ3) is 6.75. The Morgan fingerprint density at radius 1 is 1.05 bits per heavy atom. The summed E-state index contributed by atoms with van der Waals surface area (Å²) in [5.74, 6) is -0.683. The number of piperazine rings is 1. The van der Waals surface area contributed by atoms with E-state index >= 15 is 0 Å². The van der Waals surface area contributed by atoms with Gasteiger partial charge in [-0.2, -0.15) is 5.10 Å². The third-order valence-corrected chi connectivity index (χ3v) is 7.32. The maximum atomic E-state index is 13.4. The monoisotopic (exact) mass is 565 g/mol. The molecule has 2 amide bonds. The Labute approximate surface area is 235 Å². The molecule has 0 unspecified atom stereocenters. The first-order valence-electron chi connectivity index (χ1n) is 13.0. The Kier molecular flexibility index (Phi) is 7.72. The lowest BCUT2D eigenvalue weighted by molar-refractivity contribution is 0.0636. The van der Waals surface area contributed by atoms with Crippen LogP contribution in [0, 0.1) is 5.82 Å². The summed E-state index contributed by atoms with van der Waals surface area (Å²) in [7, 11) is 1.84. The molecule has 0 bridgehead atoms. The molecule has 0 atom stereocenters. The number of ether oxygens (including phenoxy) is 1. The molecule has 3 heterocycles. The first-order chi connectivity index (χ1) is 19.0. The second-order valence-electron chi connectivity index (χ2n) is 10.7. The molecule has 0 aliphatic carbocycles. The second kappa shape index (κ2) is 11.2. The topological polar surface area (TPSA) is 105 Å². The number of rotatable bonds is 6. The lowest BCUT2D eigenvalue weighted by atomic mass is 10.2. The maximum Gasteiger partial charge on any atom is 0.412 e. The SMILES string of the molecule is Cn1cc2cc(NC(=O)c3nc(N4CCN(Cc5ccc(F)cc5)CC4)sc3NC(=O)OC(C)(C)C)ccc2n1. The summed E-state index contributed by atoms with van der Waals surface area (Å²) in [6.07, 6.45) is 1.22. The fraction of sp³-hybridized carbons (Fsp3) is 0.357. The molecule has 4 aromatic rings. The zero-order valence-corrected chi connectivity index (χ0v) is 23.7. The number of aromatic nitrogens is 3. The van der Waals surface area contributed by atoms with Crippen LogP contribution in [-0.4, -0.2) is 63.4 Å². The van der Waals surface area contributed by atoms with Crippen LogP contribution in [-0.2, 0) is 18.3 Å². The first-order valence-corrected chi connectivity index (χ1v) is 13.8. The number of hydrogen-bond acceptors (Lipinski definition) is 8. The highest BCUT2D eigenvalue weighted by Crippen LogP contribution is 2.33. The van der Waals surface area contributed by atoms with E-state index in [2.05, 4.69) is 30.5 Å². The summed E-state index contributed by atoms with van der Waals surface area (Å²) in [6.45, 7) is 9.00. The molecule has 2 aromatic carbocycles. The number of benzene rings is 2. The fourth-order valence-electron chi connectivity index (χ4n) is 4.44. The van der Waals surface area contributed by atoms with Crippen molar-refractivity contribution in [2.75, 3.05) is 41.7 Å². The van der Waals surface area contributed by atoms with Crippen LogP contribution in [0.25, 0.3) is 10.9 Å². The van der Waals surface area contributed by atoms with Gasteiger partial charge in [0.2, 0.25) is 0 Å². The van der Waals surface area contributed by atoms with Gasteiger partial charge in [0.25, 0.3) is 5.91 Å². The van der Waals surface area contributed by atoms with Gasteiger partial charge in [-0.25, -0.2) is 14.2 Å². The average Bonchev–Trinajstić information content (AvgIpc) is 3.47. The van der Waals surface area contributed by atoms with Gasteiger partial charge < -0.3 is 15.0 Å². The van der Waals surface area contributed by atoms with Gasteiger partial charge in [-0.05, 0) is 56.7 Å². The molecular formula is C28H32FN7O3S. The smallest absolute Gasteiger partial charge is 0.412 e. The molecule has 1 fully saturated rings. The third-order valence-electron chi connectivity index (χ3n) is 6.28. The minimum atomic E-state index is -0.694. The zero-order valence-electron chi connectivity index (χ0n) is 22.9. The summed E-state index contributed by atoms with van der Waals surface area (Å²) < 4.78 is 20.4. The van der Waals surface area contributed by atoms with Crippen LogP contribution < -0.4 is 15.5 Å². The van der Waals surface area contributed by atoms with Gasteiger partial charge in [0.15, 0.2) is 10.8 Å². The average molecular weight is 566 g/mol. The Morgan fingerprint density at radius 2 is 1.77 bits per heavy atom. The van der Waals surface area contributed by atoms with Crippen molar-refractivity contribution in [3.63, 3.8) is 0 Å². The van der Waals surface area contributed by atoms with E-state index in [0.29, 0.717) is 28.9 Å². The number of aryl methyl sites for hydroxylation is 1. The van der Waals surface area contributed by atoms with Crippen LogP contribution in [0.1, 0.15) is 36.8 Å². The van der Waals surface area contributed by atoms with E-state index in [1.807, 2.05) is 25.4 Å². The Balaban J connectivity index is 1.32. The second-order valence-corrected chi connectivity index (χ2v) is 11.7. The van der Waals surface area contributed by atoms with E-state index in [1.165, 1.54) is 23.5 Å². The maximum absolute atomic E-state index is 13.4. The minimum absolute atomic E-state index is 0.117. The molecule has 2 aromatic heterocycles. The molecule has 210 valence electrons. The van der Waals surface area contributed by atoms with Crippen LogP contribution in [0.4, 0.5) is 25.0 Å². The highest BCUT2D eigenvalue weighted by molar-refractivity contribution is 7.20. The number of nitrogens with one attached hydrogen (secondary N) is 2. The molecule has 40 heavy (non-hydrogen) atoms. The molecule has 1 aliphatic heterocycles. The summed E-state index contributed by atoms with van der Waals surface area (Å²) in [5.41, 5.74) is 1.89. The van der Waals surface area contributed by atoms with Gasteiger partial charge in [-0.1, -0.05) is 23.5 Å². The first kappa shape index (κ1) is 27.5. The van der Waals surface area contributed by atoms with Gasteiger partial charge in [-0.3, -0.25) is 19.7 Å². The van der Waals surface area contributed by atoms with E-state index in [9.17, 15) is 14.0 Å². The summed E-state index contributed by atoms with van der Waals surface area (Å²) in [6, 6.07) is 12.0. The van der Waals surface area contributed by atoms with Crippen LogP contribution >= 0.6 is 11.3 Å². The zero-order chi connectivity index (χ0) is 28.4. The molecule has 1 aliphatic rings. The highest BCUT2D eigenvalue weighted by atomic mass is 32.1. The molecule has 5 rings (SSSR count). The van der Waals surface area contributed by atoms with Crippen molar-refractivity contribution >= 4 is 50.1 Å².